The molecule has 2 heterocycles. The van der Waals surface area contributed by atoms with E-state index in [-0.39, 0.29) is 6.03 Å². The summed E-state index contributed by atoms with van der Waals surface area (Å²) in [5.74, 6) is 1.55. The Bertz CT molecular complexity index is 547. The van der Waals surface area contributed by atoms with Gasteiger partial charge in [-0.3, -0.25) is 0 Å². The molecule has 0 bridgehead atoms. The van der Waals surface area contributed by atoms with Gasteiger partial charge in [0.1, 0.15) is 5.75 Å². The van der Waals surface area contributed by atoms with E-state index < -0.39 is 0 Å². The van der Waals surface area contributed by atoms with Crippen molar-refractivity contribution in [2.24, 2.45) is 5.92 Å². The van der Waals surface area contributed by atoms with Crippen LogP contribution in [0, 0.1) is 5.92 Å². The first-order valence-electron chi connectivity index (χ1n) is 7.60. The van der Waals surface area contributed by atoms with Crippen molar-refractivity contribution < 1.29 is 9.53 Å². The fraction of sp³-hybridized carbons (Fsp3) is 0.562. The Hall–Kier alpha value is -1.23. The monoisotopic (exact) mass is 352 g/mol. The zero-order valence-electron chi connectivity index (χ0n) is 12.3. The van der Waals surface area contributed by atoms with Gasteiger partial charge >= 0.3 is 6.03 Å². The summed E-state index contributed by atoms with van der Waals surface area (Å²) in [7, 11) is 0. The van der Waals surface area contributed by atoms with Crippen LogP contribution in [0.2, 0.25) is 0 Å². The molecule has 0 aliphatic carbocycles. The minimum atomic E-state index is 0.0354. The molecule has 5 heteroatoms. The number of carbonyl (C=O) groups is 1. The van der Waals surface area contributed by atoms with Crippen LogP contribution in [0.25, 0.3) is 0 Å². The van der Waals surface area contributed by atoms with Crippen molar-refractivity contribution in [3.05, 3.63) is 27.7 Å². The Morgan fingerprint density at radius 2 is 2.38 bits per heavy atom. The summed E-state index contributed by atoms with van der Waals surface area (Å²) in [6.45, 7) is 5.18. The molecular weight excluding hydrogens is 332 g/mol. The van der Waals surface area contributed by atoms with E-state index in [0.717, 1.165) is 48.3 Å². The van der Waals surface area contributed by atoms with Gasteiger partial charge in [-0.1, -0.05) is 22.9 Å². The van der Waals surface area contributed by atoms with Gasteiger partial charge in [-0.25, -0.2) is 4.79 Å². The van der Waals surface area contributed by atoms with Gasteiger partial charge in [-0.15, -0.1) is 0 Å². The first kappa shape index (κ1) is 14.7. The zero-order valence-corrected chi connectivity index (χ0v) is 13.9. The van der Waals surface area contributed by atoms with Gasteiger partial charge in [0, 0.05) is 36.1 Å². The van der Waals surface area contributed by atoms with Gasteiger partial charge in [0.25, 0.3) is 0 Å². The van der Waals surface area contributed by atoms with E-state index in [0.29, 0.717) is 12.5 Å². The van der Waals surface area contributed by atoms with Crippen molar-refractivity contribution >= 4 is 22.0 Å². The number of nitrogens with one attached hydrogen (secondary N) is 1. The third-order valence-electron chi connectivity index (χ3n) is 4.20. The van der Waals surface area contributed by atoms with E-state index >= 15 is 0 Å². The molecule has 4 nitrogen and oxygen atoms in total. The Kier molecular flexibility index (Phi) is 4.38. The number of hydrogen-bond acceptors (Lipinski definition) is 2. The van der Waals surface area contributed by atoms with Gasteiger partial charge in [-0.2, -0.15) is 0 Å². The maximum absolute atomic E-state index is 12.3. The molecule has 3 rings (SSSR count). The van der Waals surface area contributed by atoms with Crippen molar-refractivity contribution in [2.75, 3.05) is 19.7 Å². The highest BCUT2D eigenvalue weighted by molar-refractivity contribution is 9.10. The second-order valence-corrected chi connectivity index (χ2v) is 6.92. The van der Waals surface area contributed by atoms with Crippen molar-refractivity contribution in [3.8, 4) is 5.75 Å². The van der Waals surface area contributed by atoms with Crippen LogP contribution in [0.3, 0.4) is 0 Å². The van der Waals surface area contributed by atoms with Crippen LogP contribution in [0.5, 0.6) is 5.75 Å². The summed E-state index contributed by atoms with van der Waals surface area (Å²) < 4.78 is 6.74. The predicted octanol–water partition coefficient (Wildman–Crippen LogP) is 3.33. The predicted molar refractivity (Wildman–Crippen MR) is 85.5 cm³/mol. The number of likely N-dealkylation sites (tertiary alicyclic amines) is 1. The van der Waals surface area contributed by atoms with Crippen LogP contribution in [-0.4, -0.2) is 30.6 Å². The van der Waals surface area contributed by atoms with Crippen LogP contribution in [-0.2, 0) is 13.0 Å². The standard InChI is InChI=1S/C16H21BrN2O2/c1-11-3-2-5-19(10-11)16(20)18-9-13-8-14(17)7-12-4-6-21-15(12)13/h7-8,11H,2-6,9-10H2,1H3,(H,18,20). The number of rotatable bonds is 2. The molecule has 1 fully saturated rings. The molecule has 1 atom stereocenters. The fourth-order valence-electron chi connectivity index (χ4n) is 3.13. The fourth-order valence-corrected chi connectivity index (χ4v) is 3.69. The van der Waals surface area contributed by atoms with Crippen LogP contribution >= 0.6 is 15.9 Å². The van der Waals surface area contributed by atoms with Crippen LogP contribution in [0.15, 0.2) is 16.6 Å². The number of carbonyl (C=O) groups excluding carboxylic acids is 1. The Balaban J connectivity index is 1.64. The molecule has 1 aromatic rings. The smallest absolute Gasteiger partial charge is 0.317 e. The summed E-state index contributed by atoms with van der Waals surface area (Å²) >= 11 is 3.53. The topological polar surface area (TPSA) is 41.6 Å². The normalized spacial score (nSPS) is 20.9. The maximum Gasteiger partial charge on any atom is 0.317 e. The largest absolute Gasteiger partial charge is 0.493 e. The molecule has 1 unspecified atom stereocenters. The average molecular weight is 353 g/mol. The van der Waals surface area contributed by atoms with Gasteiger partial charge in [0.05, 0.1) is 6.61 Å². The Morgan fingerprint density at radius 3 is 3.19 bits per heavy atom. The number of piperidine rings is 1. The molecule has 2 aliphatic rings. The van der Waals surface area contributed by atoms with Crippen molar-refractivity contribution in [1.82, 2.24) is 10.2 Å². The molecule has 2 amide bonds. The molecule has 0 radical (unpaired) electrons. The lowest BCUT2D eigenvalue weighted by atomic mass is 10.0. The number of amides is 2. The lowest BCUT2D eigenvalue weighted by molar-refractivity contribution is 0.169. The third kappa shape index (κ3) is 3.34. The van der Waals surface area contributed by atoms with E-state index in [1.54, 1.807) is 0 Å². The van der Waals surface area contributed by atoms with Gasteiger partial charge in [-0.05, 0) is 36.5 Å². The highest BCUT2D eigenvalue weighted by Crippen LogP contribution is 2.32. The summed E-state index contributed by atoms with van der Waals surface area (Å²) in [6, 6.07) is 4.16. The molecule has 0 spiro atoms. The molecule has 1 saturated heterocycles. The molecule has 21 heavy (non-hydrogen) atoms. The lowest BCUT2D eigenvalue weighted by Gasteiger charge is -2.31. The van der Waals surface area contributed by atoms with Crippen molar-refractivity contribution in [1.29, 1.82) is 0 Å². The Labute approximate surface area is 134 Å². The van der Waals surface area contributed by atoms with E-state index in [9.17, 15) is 4.79 Å². The highest BCUT2D eigenvalue weighted by Gasteiger charge is 2.22. The number of fused-ring (bicyclic) bond motifs is 1. The number of hydrogen-bond donors (Lipinski definition) is 1. The molecule has 2 aliphatic heterocycles. The highest BCUT2D eigenvalue weighted by atomic mass is 79.9. The Morgan fingerprint density at radius 1 is 1.52 bits per heavy atom. The van der Waals surface area contributed by atoms with Gasteiger partial charge in [0.15, 0.2) is 0 Å². The average Bonchev–Trinajstić information content (AvgIpc) is 2.92. The third-order valence-corrected chi connectivity index (χ3v) is 4.66. The quantitative estimate of drug-likeness (QED) is 0.886. The van der Waals surface area contributed by atoms with E-state index in [1.807, 2.05) is 11.0 Å². The van der Waals surface area contributed by atoms with Crippen LogP contribution in [0.1, 0.15) is 30.9 Å². The van der Waals surface area contributed by atoms with Crippen molar-refractivity contribution in [2.45, 2.75) is 32.7 Å². The van der Waals surface area contributed by atoms with Gasteiger partial charge in [0.2, 0.25) is 0 Å². The lowest BCUT2D eigenvalue weighted by Crippen LogP contribution is -2.44. The van der Waals surface area contributed by atoms with Crippen LogP contribution in [0.4, 0.5) is 4.79 Å². The number of urea groups is 1. The first-order chi connectivity index (χ1) is 10.1. The summed E-state index contributed by atoms with van der Waals surface area (Å²) in [6.07, 6.45) is 3.26. The zero-order chi connectivity index (χ0) is 14.8. The van der Waals surface area contributed by atoms with Gasteiger partial charge < -0.3 is 15.0 Å². The number of benzene rings is 1. The summed E-state index contributed by atoms with van der Waals surface area (Å²) in [5, 5.41) is 3.03. The molecule has 0 saturated carbocycles. The maximum atomic E-state index is 12.3. The van der Waals surface area contributed by atoms with E-state index in [1.165, 1.54) is 12.0 Å². The van der Waals surface area contributed by atoms with E-state index in [2.05, 4.69) is 34.2 Å². The van der Waals surface area contributed by atoms with Crippen molar-refractivity contribution in [3.63, 3.8) is 0 Å². The first-order valence-corrected chi connectivity index (χ1v) is 8.39. The second-order valence-electron chi connectivity index (χ2n) is 6.00. The molecular formula is C16H21BrN2O2. The molecule has 0 aromatic heterocycles. The SMILES string of the molecule is CC1CCCN(C(=O)NCc2cc(Br)cc3c2OCC3)C1. The summed E-state index contributed by atoms with van der Waals surface area (Å²) in [4.78, 5) is 14.2. The van der Waals surface area contributed by atoms with E-state index in [4.69, 9.17) is 4.74 Å². The molecule has 114 valence electrons. The molecule has 1 N–H and O–H groups in total. The second kappa shape index (κ2) is 6.26. The minimum absolute atomic E-state index is 0.0354. The molecule has 1 aromatic carbocycles. The van der Waals surface area contributed by atoms with Crippen LogP contribution < -0.4 is 10.1 Å². The number of ether oxygens (including phenoxy) is 1. The minimum Gasteiger partial charge on any atom is -0.493 e. The number of halogens is 1. The number of nitrogens with zero attached hydrogens (tertiary/aromatic N) is 1. The summed E-state index contributed by atoms with van der Waals surface area (Å²) in [5.41, 5.74) is 2.27.